The smallest absolute Gasteiger partial charge is 0.366 e. The van der Waals surface area contributed by atoms with Crippen LogP contribution in [0.3, 0.4) is 0 Å². The average Bonchev–Trinajstić information content (AvgIpc) is 2.85. The third-order valence-electron chi connectivity index (χ3n) is 2.31. The van der Waals surface area contributed by atoms with Gasteiger partial charge in [0.15, 0.2) is 11.5 Å². The van der Waals surface area contributed by atoms with Gasteiger partial charge in [0.2, 0.25) is 12.6 Å². The summed E-state index contributed by atoms with van der Waals surface area (Å²) in [6.45, 7) is 0.208. The summed E-state index contributed by atoms with van der Waals surface area (Å²) in [6.07, 6.45) is 4.10. The molecule has 2 rings (SSSR count). The van der Waals surface area contributed by atoms with E-state index in [1.807, 2.05) is 0 Å². The normalized spacial score (nSPS) is 14.0. The van der Waals surface area contributed by atoms with E-state index in [9.17, 15) is 9.18 Å². The summed E-state index contributed by atoms with van der Waals surface area (Å²) in [5.74, 6) is -0.613. The van der Waals surface area contributed by atoms with Gasteiger partial charge < -0.3 is 14.2 Å². The molecule has 0 spiro atoms. The van der Waals surface area contributed by atoms with Crippen molar-refractivity contribution in [1.82, 2.24) is 0 Å². The van der Waals surface area contributed by atoms with E-state index in [-0.39, 0.29) is 6.79 Å². The molecular formula is C13H11FO4. The van der Waals surface area contributed by atoms with E-state index in [2.05, 4.69) is 4.74 Å². The standard InChI is InChI=1S/C13H11FO4/c1-16-13(15)10(14)4-2-3-9-5-6-11-12(7-9)18-8-17-11/h2-7H,8H2,1H3. The number of hydrogen-bond donors (Lipinski definition) is 0. The number of ether oxygens (including phenoxy) is 3. The van der Waals surface area contributed by atoms with Crippen LogP contribution in [0.5, 0.6) is 11.5 Å². The molecule has 1 aromatic carbocycles. The van der Waals surface area contributed by atoms with Crippen molar-refractivity contribution in [2.45, 2.75) is 0 Å². The quantitative estimate of drug-likeness (QED) is 0.469. The highest BCUT2D eigenvalue weighted by atomic mass is 19.1. The Morgan fingerprint density at radius 2 is 2.17 bits per heavy atom. The predicted molar refractivity (Wildman–Crippen MR) is 62.8 cm³/mol. The van der Waals surface area contributed by atoms with Gasteiger partial charge in [-0.25, -0.2) is 4.79 Å². The minimum Gasteiger partial charge on any atom is -0.464 e. The summed E-state index contributed by atoms with van der Waals surface area (Å²) in [7, 11) is 1.12. The highest BCUT2D eigenvalue weighted by Gasteiger charge is 2.12. The fourth-order valence-corrected chi connectivity index (χ4v) is 1.43. The Bertz CT molecular complexity index is 520. The van der Waals surface area contributed by atoms with Gasteiger partial charge >= 0.3 is 5.97 Å². The first-order chi connectivity index (χ1) is 8.70. The lowest BCUT2D eigenvalue weighted by Gasteiger charge is -1.97. The molecule has 0 aromatic heterocycles. The Kier molecular flexibility index (Phi) is 3.62. The molecule has 0 radical (unpaired) electrons. The van der Waals surface area contributed by atoms with Crippen molar-refractivity contribution in [3.05, 3.63) is 41.7 Å². The summed E-state index contributed by atoms with van der Waals surface area (Å²) < 4.78 is 27.6. The molecule has 5 heteroatoms. The average molecular weight is 250 g/mol. The number of carbonyl (C=O) groups excluding carboxylic acids is 1. The molecule has 0 unspecified atom stereocenters. The molecule has 1 aliphatic rings. The minimum absolute atomic E-state index is 0.208. The van der Waals surface area contributed by atoms with Crippen molar-refractivity contribution in [3.63, 3.8) is 0 Å². The van der Waals surface area contributed by atoms with Crippen molar-refractivity contribution in [2.24, 2.45) is 0 Å². The van der Waals surface area contributed by atoms with Gasteiger partial charge in [-0.1, -0.05) is 18.2 Å². The summed E-state index contributed by atoms with van der Waals surface area (Å²) in [5.41, 5.74) is 0.813. The molecule has 1 aromatic rings. The van der Waals surface area contributed by atoms with Crippen LogP contribution in [0, 0.1) is 0 Å². The summed E-state index contributed by atoms with van der Waals surface area (Å²) >= 11 is 0. The number of rotatable bonds is 3. The SMILES string of the molecule is COC(=O)C(F)=CC=Cc1ccc2c(c1)OCO2. The summed E-state index contributed by atoms with van der Waals surface area (Å²) in [4.78, 5) is 10.8. The number of allylic oxidation sites excluding steroid dienone is 2. The van der Waals surface area contributed by atoms with Gasteiger partial charge in [0, 0.05) is 0 Å². The van der Waals surface area contributed by atoms with Gasteiger partial charge in [0.25, 0.3) is 0 Å². The fourth-order valence-electron chi connectivity index (χ4n) is 1.43. The van der Waals surface area contributed by atoms with E-state index in [1.165, 1.54) is 6.08 Å². The number of esters is 1. The van der Waals surface area contributed by atoms with Gasteiger partial charge in [-0.2, -0.15) is 4.39 Å². The number of methoxy groups -OCH3 is 1. The minimum atomic E-state index is -0.995. The fraction of sp³-hybridized carbons (Fsp3) is 0.154. The Morgan fingerprint density at radius 1 is 1.39 bits per heavy atom. The van der Waals surface area contributed by atoms with Gasteiger partial charge in [-0.3, -0.25) is 0 Å². The van der Waals surface area contributed by atoms with Gasteiger partial charge in [0.05, 0.1) is 7.11 Å². The Hall–Kier alpha value is -2.30. The van der Waals surface area contributed by atoms with Crippen molar-refractivity contribution in [2.75, 3.05) is 13.9 Å². The highest BCUT2D eigenvalue weighted by molar-refractivity contribution is 5.86. The van der Waals surface area contributed by atoms with Crippen LogP contribution >= 0.6 is 0 Å². The topological polar surface area (TPSA) is 44.8 Å². The highest BCUT2D eigenvalue weighted by Crippen LogP contribution is 2.32. The van der Waals surface area contributed by atoms with Crippen LogP contribution < -0.4 is 9.47 Å². The molecule has 0 N–H and O–H groups in total. The summed E-state index contributed by atoms with van der Waals surface area (Å²) in [6, 6.07) is 5.33. The molecule has 18 heavy (non-hydrogen) atoms. The van der Waals surface area contributed by atoms with E-state index in [4.69, 9.17) is 9.47 Å². The maximum absolute atomic E-state index is 13.0. The van der Waals surface area contributed by atoms with Crippen LogP contribution in [0.25, 0.3) is 6.08 Å². The molecule has 0 amide bonds. The first-order valence-electron chi connectivity index (χ1n) is 5.22. The van der Waals surface area contributed by atoms with E-state index >= 15 is 0 Å². The summed E-state index contributed by atoms with van der Waals surface area (Å²) in [5, 5.41) is 0. The van der Waals surface area contributed by atoms with Crippen LogP contribution in [0.4, 0.5) is 4.39 Å². The van der Waals surface area contributed by atoms with Gasteiger partial charge in [-0.05, 0) is 23.8 Å². The van der Waals surface area contributed by atoms with Gasteiger partial charge in [-0.15, -0.1) is 0 Å². The molecule has 1 aliphatic heterocycles. The van der Waals surface area contributed by atoms with Crippen LogP contribution in [0.2, 0.25) is 0 Å². The zero-order valence-electron chi connectivity index (χ0n) is 9.68. The molecule has 0 saturated heterocycles. The van der Waals surface area contributed by atoms with Gasteiger partial charge in [0.1, 0.15) is 0 Å². The van der Waals surface area contributed by atoms with Crippen molar-refractivity contribution >= 4 is 12.0 Å². The lowest BCUT2D eigenvalue weighted by Crippen LogP contribution is -1.99. The predicted octanol–water partition coefficient (Wildman–Crippen LogP) is 2.45. The molecule has 0 saturated carbocycles. The second-order valence-electron chi connectivity index (χ2n) is 3.48. The molecule has 1 heterocycles. The number of fused-ring (bicyclic) bond motifs is 1. The maximum atomic E-state index is 13.0. The lowest BCUT2D eigenvalue weighted by molar-refractivity contribution is -0.137. The van der Waals surface area contributed by atoms with E-state index in [0.29, 0.717) is 11.5 Å². The largest absolute Gasteiger partial charge is 0.464 e. The van der Waals surface area contributed by atoms with E-state index in [1.54, 1.807) is 24.3 Å². The Balaban J connectivity index is 2.08. The first kappa shape index (κ1) is 12.2. The zero-order chi connectivity index (χ0) is 13.0. The number of carbonyl (C=O) groups is 1. The van der Waals surface area contributed by atoms with Crippen LogP contribution in [0.15, 0.2) is 36.2 Å². The third-order valence-corrected chi connectivity index (χ3v) is 2.31. The molecule has 0 fully saturated rings. The molecule has 0 aliphatic carbocycles. The lowest BCUT2D eigenvalue weighted by atomic mass is 10.2. The first-order valence-corrected chi connectivity index (χ1v) is 5.22. The zero-order valence-corrected chi connectivity index (χ0v) is 9.68. The van der Waals surface area contributed by atoms with Crippen molar-refractivity contribution in [1.29, 1.82) is 0 Å². The maximum Gasteiger partial charge on any atom is 0.366 e. The Morgan fingerprint density at radius 3 is 2.94 bits per heavy atom. The molecule has 94 valence electrons. The van der Waals surface area contributed by atoms with E-state index < -0.39 is 11.8 Å². The molecular weight excluding hydrogens is 239 g/mol. The monoisotopic (exact) mass is 250 g/mol. The van der Waals surface area contributed by atoms with E-state index in [0.717, 1.165) is 18.7 Å². The number of halogens is 1. The Labute approximate surface area is 103 Å². The van der Waals surface area contributed by atoms with Crippen LogP contribution in [-0.4, -0.2) is 19.9 Å². The molecule has 4 nitrogen and oxygen atoms in total. The van der Waals surface area contributed by atoms with Crippen molar-refractivity contribution in [3.8, 4) is 11.5 Å². The van der Waals surface area contributed by atoms with Crippen LogP contribution in [0.1, 0.15) is 5.56 Å². The number of hydrogen-bond acceptors (Lipinski definition) is 4. The van der Waals surface area contributed by atoms with Crippen LogP contribution in [-0.2, 0) is 9.53 Å². The second-order valence-corrected chi connectivity index (χ2v) is 3.48. The third kappa shape index (κ3) is 2.68. The molecule has 0 atom stereocenters. The molecule has 0 bridgehead atoms. The second kappa shape index (κ2) is 5.35. The van der Waals surface area contributed by atoms with Crippen molar-refractivity contribution < 1.29 is 23.4 Å². The number of benzene rings is 1.